The monoisotopic (exact) mass is 323 g/mol. The zero-order valence-corrected chi connectivity index (χ0v) is 12.8. The highest BCUT2D eigenvalue weighted by Crippen LogP contribution is 2.32. The van der Waals surface area contributed by atoms with Gasteiger partial charge in [-0.25, -0.2) is 12.7 Å². The maximum absolute atomic E-state index is 12.1. The van der Waals surface area contributed by atoms with Gasteiger partial charge >= 0.3 is 0 Å². The number of nitrogens with two attached hydrogens (primary N) is 2. The zero-order valence-electron chi connectivity index (χ0n) is 11.1. The number of anilines is 2. The van der Waals surface area contributed by atoms with Crippen LogP contribution >= 0.6 is 11.5 Å². The Morgan fingerprint density at radius 2 is 2.15 bits per heavy atom. The Hall–Kier alpha value is -1.43. The van der Waals surface area contributed by atoms with Crippen LogP contribution in [-0.2, 0) is 19.6 Å². The number of carbonyl (C=O) groups excluding carboxylic acids is 1. The summed E-state index contributed by atoms with van der Waals surface area (Å²) < 4.78 is 34.0. The molecule has 0 bridgehead atoms. The number of nitrogens with zero attached hydrogens (tertiary/aromatic N) is 2. The summed E-state index contributed by atoms with van der Waals surface area (Å²) in [5, 5.41) is 3.19. The van der Waals surface area contributed by atoms with Crippen LogP contribution in [0.3, 0.4) is 0 Å². The SMILES string of the molecule is CN(C)S(=O)(=O)c1c(N)nsc1NCCOCC(N)=O. The van der Waals surface area contributed by atoms with Crippen molar-refractivity contribution in [3.8, 4) is 0 Å². The molecule has 0 aliphatic heterocycles. The van der Waals surface area contributed by atoms with Gasteiger partial charge in [0.15, 0.2) is 10.7 Å². The van der Waals surface area contributed by atoms with Crippen molar-refractivity contribution in [3.05, 3.63) is 0 Å². The van der Waals surface area contributed by atoms with Gasteiger partial charge in [0.05, 0.1) is 6.61 Å². The molecule has 0 spiro atoms. The molecule has 1 aromatic rings. The fourth-order valence-corrected chi connectivity index (χ4v) is 3.35. The Kier molecular flexibility index (Phi) is 5.68. The average molecular weight is 323 g/mol. The first-order valence-electron chi connectivity index (χ1n) is 5.54. The van der Waals surface area contributed by atoms with Gasteiger partial charge in [-0.15, -0.1) is 0 Å². The van der Waals surface area contributed by atoms with Crippen molar-refractivity contribution in [1.29, 1.82) is 0 Å². The van der Waals surface area contributed by atoms with Gasteiger partial charge in [0.2, 0.25) is 15.9 Å². The van der Waals surface area contributed by atoms with Gasteiger partial charge in [-0.05, 0) is 11.5 Å². The Bertz CT molecular complexity index is 569. The highest BCUT2D eigenvalue weighted by molar-refractivity contribution is 7.89. The zero-order chi connectivity index (χ0) is 15.3. The maximum Gasteiger partial charge on any atom is 0.249 e. The fourth-order valence-electron chi connectivity index (χ4n) is 1.25. The van der Waals surface area contributed by atoms with Crippen LogP contribution < -0.4 is 16.8 Å². The van der Waals surface area contributed by atoms with Crippen LogP contribution in [0.4, 0.5) is 10.8 Å². The summed E-state index contributed by atoms with van der Waals surface area (Å²) in [4.78, 5) is 10.4. The van der Waals surface area contributed by atoms with E-state index in [2.05, 4.69) is 9.69 Å². The molecule has 9 nitrogen and oxygen atoms in total. The van der Waals surface area contributed by atoms with Gasteiger partial charge in [0.1, 0.15) is 11.6 Å². The van der Waals surface area contributed by atoms with E-state index in [1.54, 1.807) is 0 Å². The lowest BCUT2D eigenvalue weighted by molar-refractivity contribution is -0.122. The minimum atomic E-state index is -3.67. The molecule has 20 heavy (non-hydrogen) atoms. The summed E-state index contributed by atoms with van der Waals surface area (Å²) >= 11 is 0.946. The van der Waals surface area contributed by atoms with Gasteiger partial charge in [-0.3, -0.25) is 4.79 Å². The third kappa shape index (κ3) is 4.03. The van der Waals surface area contributed by atoms with E-state index < -0.39 is 15.9 Å². The topological polar surface area (TPSA) is 141 Å². The molecule has 0 aromatic carbocycles. The highest BCUT2D eigenvalue weighted by atomic mass is 32.2. The summed E-state index contributed by atoms with van der Waals surface area (Å²) in [6.45, 7) is 0.308. The molecule has 0 saturated carbocycles. The normalized spacial score (nSPS) is 11.8. The van der Waals surface area contributed by atoms with E-state index in [9.17, 15) is 13.2 Å². The van der Waals surface area contributed by atoms with Gasteiger partial charge in [0, 0.05) is 20.6 Å². The van der Waals surface area contributed by atoms with Crippen LogP contribution in [0.2, 0.25) is 0 Å². The van der Waals surface area contributed by atoms with E-state index in [1.165, 1.54) is 14.1 Å². The molecule has 1 amide bonds. The van der Waals surface area contributed by atoms with E-state index in [0.29, 0.717) is 11.5 Å². The molecule has 0 saturated heterocycles. The Morgan fingerprint density at radius 1 is 1.50 bits per heavy atom. The van der Waals surface area contributed by atoms with E-state index >= 15 is 0 Å². The van der Waals surface area contributed by atoms with Crippen LogP contribution in [0.25, 0.3) is 0 Å². The third-order valence-electron chi connectivity index (χ3n) is 2.19. The number of hydrogen-bond donors (Lipinski definition) is 3. The van der Waals surface area contributed by atoms with Crippen molar-refractivity contribution in [2.24, 2.45) is 5.73 Å². The Labute approximate surface area is 121 Å². The van der Waals surface area contributed by atoms with E-state index in [4.69, 9.17) is 16.2 Å². The first kappa shape index (κ1) is 16.6. The predicted molar refractivity (Wildman–Crippen MR) is 75.9 cm³/mol. The number of ether oxygens (including phenoxy) is 1. The lowest BCUT2D eigenvalue weighted by Crippen LogP contribution is -2.24. The summed E-state index contributed by atoms with van der Waals surface area (Å²) in [5.41, 5.74) is 10.5. The van der Waals surface area contributed by atoms with Crippen molar-refractivity contribution in [2.45, 2.75) is 4.90 Å². The van der Waals surface area contributed by atoms with Crippen molar-refractivity contribution >= 4 is 38.3 Å². The molecule has 11 heteroatoms. The molecular formula is C9H17N5O4S2. The summed E-state index contributed by atoms with van der Waals surface area (Å²) in [6, 6.07) is 0. The number of hydrogen-bond acceptors (Lipinski definition) is 8. The summed E-state index contributed by atoms with van der Waals surface area (Å²) in [7, 11) is -0.854. The van der Waals surface area contributed by atoms with E-state index in [1.807, 2.05) is 0 Å². The number of primary amides is 1. The van der Waals surface area contributed by atoms with Crippen molar-refractivity contribution in [3.63, 3.8) is 0 Å². The Morgan fingerprint density at radius 3 is 2.70 bits per heavy atom. The molecule has 5 N–H and O–H groups in total. The van der Waals surface area contributed by atoms with Crippen molar-refractivity contribution in [2.75, 3.05) is 44.9 Å². The number of rotatable bonds is 8. The number of sulfonamides is 1. The van der Waals surface area contributed by atoms with Gasteiger partial charge in [0.25, 0.3) is 0 Å². The van der Waals surface area contributed by atoms with Crippen LogP contribution in [0, 0.1) is 0 Å². The molecule has 1 rings (SSSR count). The fraction of sp³-hybridized carbons (Fsp3) is 0.556. The molecule has 0 aliphatic rings. The van der Waals surface area contributed by atoms with Crippen LogP contribution in [0.1, 0.15) is 0 Å². The molecule has 0 fully saturated rings. The van der Waals surface area contributed by atoms with Gasteiger partial charge < -0.3 is 21.5 Å². The first-order valence-corrected chi connectivity index (χ1v) is 7.75. The predicted octanol–water partition coefficient (Wildman–Crippen LogP) is -1.11. The largest absolute Gasteiger partial charge is 0.382 e. The number of nitrogen functional groups attached to an aromatic ring is 1. The maximum atomic E-state index is 12.1. The number of aromatic nitrogens is 1. The molecule has 0 atom stereocenters. The quantitative estimate of drug-likeness (QED) is 0.515. The first-order chi connectivity index (χ1) is 9.26. The van der Waals surface area contributed by atoms with Crippen LogP contribution in [-0.4, -0.2) is 56.9 Å². The highest BCUT2D eigenvalue weighted by Gasteiger charge is 2.27. The minimum Gasteiger partial charge on any atom is -0.382 e. The average Bonchev–Trinajstić information content (AvgIpc) is 2.70. The second-order valence-corrected chi connectivity index (χ2v) is 6.82. The van der Waals surface area contributed by atoms with Gasteiger partial charge in [-0.1, -0.05) is 0 Å². The molecule has 114 valence electrons. The number of amides is 1. The van der Waals surface area contributed by atoms with Crippen LogP contribution in [0.15, 0.2) is 4.90 Å². The smallest absolute Gasteiger partial charge is 0.249 e. The second kappa shape index (κ2) is 6.83. The lowest BCUT2D eigenvalue weighted by Gasteiger charge is -2.12. The molecule has 0 aliphatic carbocycles. The number of carbonyl (C=O) groups is 1. The van der Waals surface area contributed by atoms with E-state index in [0.717, 1.165) is 15.8 Å². The van der Waals surface area contributed by atoms with E-state index in [-0.39, 0.29) is 23.9 Å². The molecule has 0 radical (unpaired) electrons. The second-order valence-electron chi connectivity index (χ2n) is 3.96. The van der Waals surface area contributed by atoms with Crippen molar-refractivity contribution < 1.29 is 17.9 Å². The van der Waals surface area contributed by atoms with Crippen molar-refractivity contribution in [1.82, 2.24) is 8.68 Å². The third-order valence-corrected chi connectivity index (χ3v) is 5.03. The van der Waals surface area contributed by atoms with Gasteiger partial charge in [-0.2, -0.15) is 4.37 Å². The molecule has 0 unspecified atom stereocenters. The summed E-state index contributed by atoms with van der Waals surface area (Å²) in [6.07, 6.45) is 0. The Balaban J connectivity index is 2.71. The molecule has 1 heterocycles. The standard InChI is InChI=1S/C9H17N5O4S2/c1-14(2)20(16,17)7-8(11)13-19-9(7)12-3-4-18-5-6(10)15/h12H,3-5H2,1-2H3,(H2,10,15)(H2,11,13). The number of nitrogens with one attached hydrogen (secondary N) is 1. The molecular weight excluding hydrogens is 306 g/mol. The minimum absolute atomic E-state index is 0.0516. The lowest BCUT2D eigenvalue weighted by atomic mass is 10.5. The summed E-state index contributed by atoms with van der Waals surface area (Å²) in [5.74, 6) is -0.618. The molecule has 1 aromatic heterocycles. The van der Waals surface area contributed by atoms with Crippen LogP contribution in [0.5, 0.6) is 0 Å².